The number of nitrogens with zero attached hydrogens (tertiary/aromatic N) is 2. The van der Waals surface area contributed by atoms with Crippen molar-refractivity contribution in [2.45, 2.75) is 49.4 Å². The van der Waals surface area contributed by atoms with Crippen LogP contribution in [-0.4, -0.2) is 46.5 Å². The summed E-state index contributed by atoms with van der Waals surface area (Å²) >= 11 is 1.21. The fourth-order valence-electron chi connectivity index (χ4n) is 3.83. The van der Waals surface area contributed by atoms with E-state index in [4.69, 9.17) is 9.47 Å². The van der Waals surface area contributed by atoms with E-state index in [1.165, 1.54) is 18.9 Å². The molecule has 0 aliphatic carbocycles. The van der Waals surface area contributed by atoms with Crippen LogP contribution in [0.5, 0.6) is 0 Å². The minimum absolute atomic E-state index is 0.0761. The van der Waals surface area contributed by atoms with E-state index in [9.17, 15) is 14.4 Å². The topological polar surface area (TPSA) is 99.5 Å². The van der Waals surface area contributed by atoms with Gasteiger partial charge < -0.3 is 14.8 Å². The van der Waals surface area contributed by atoms with E-state index in [1.54, 1.807) is 29.7 Å². The van der Waals surface area contributed by atoms with Gasteiger partial charge in [0.15, 0.2) is 5.16 Å². The molecule has 9 heteroatoms. The highest BCUT2D eigenvalue weighted by atomic mass is 32.2. The average Bonchev–Trinajstić information content (AvgIpc) is 3.38. The number of aromatic nitrogens is 2. The number of hydrogen-bond donors (Lipinski definition) is 1. The molecule has 0 bridgehead atoms. The van der Waals surface area contributed by atoms with Gasteiger partial charge >= 0.3 is 5.97 Å². The van der Waals surface area contributed by atoms with Crippen molar-refractivity contribution in [3.05, 3.63) is 70.0 Å². The molecule has 1 aliphatic heterocycles. The van der Waals surface area contributed by atoms with Crippen molar-refractivity contribution < 1.29 is 19.1 Å². The largest absolute Gasteiger partial charge is 0.465 e. The second-order valence-corrected chi connectivity index (χ2v) is 9.44. The molecule has 1 aliphatic rings. The van der Waals surface area contributed by atoms with Gasteiger partial charge in [-0.1, -0.05) is 42.1 Å². The Morgan fingerprint density at radius 2 is 2.06 bits per heavy atom. The maximum Gasteiger partial charge on any atom is 0.337 e. The number of benzene rings is 2. The normalized spacial score (nSPS) is 16.4. The smallest absolute Gasteiger partial charge is 0.337 e. The minimum Gasteiger partial charge on any atom is -0.465 e. The predicted molar refractivity (Wildman–Crippen MR) is 130 cm³/mol. The van der Waals surface area contributed by atoms with E-state index < -0.39 is 11.2 Å². The second-order valence-electron chi connectivity index (χ2n) is 8.13. The summed E-state index contributed by atoms with van der Waals surface area (Å²) in [6, 6.07) is 14.4. The van der Waals surface area contributed by atoms with Gasteiger partial charge in [-0.25, -0.2) is 9.78 Å². The van der Waals surface area contributed by atoms with Crippen LogP contribution in [-0.2, 0) is 27.4 Å². The zero-order valence-corrected chi connectivity index (χ0v) is 20.0. The first kappa shape index (κ1) is 24.0. The van der Waals surface area contributed by atoms with Crippen molar-refractivity contribution in [2.75, 3.05) is 13.7 Å². The molecule has 0 spiro atoms. The van der Waals surface area contributed by atoms with Crippen LogP contribution in [0, 0.1) is 0 Å². The monoisotopic (exact) mass is 481 g/mol. The zero-order valence-electron chi connectivity index (χ0n) is 19.2. The van der Waals surface area contributed by atoms with Crippen LogP contribution in [0.1, 0.15) is 35.7 Å². The number of nitrogens with one attached hydrogen (secondary N) is 1. The van der Waals surface area contributed by atoms with Crippen molar-refractivity contribution in [2.24, 2.45) is 0 Å². The van der Waals surface area contributed by atoms with Gasteiger partial charge in [0.05, 0.1) is 41.5 Å². The van der Waals surface area contributed by atoms with E-state index in [0.29, 0.717) is 41.3 Å². The molecule has 3 aromatic rings. The second kappa shape index (κ2) is 10.8. The molecule has 4 rings (SSSR count). The van der Waals surface area contributed by atoms with Crippen molar-refractivity contribution in [3.63, 3.8) is 0 Å². The Morgan fingerprint density at radius 3 is 2.76 bits per heavy atom. The number of rotatable bonds is 8. The average molecular weight is 482 g/mol. The Balaban J connectivity index is 1.62. The summed E-state index contributed by atoms with van der Waals surface area (Å²) in [7, 11) is 1.30. The first-order valence-corrected chi connectivity index (χ1v) is 12.1. The number of esters is 1. The Morgan fingerprint density at radius 1 is 1.26 bits per heavy atom. The number of fused-ring (bicyclic) bond motifs is 1. The van der Waals surface area contributed by atoms with E-state index >= 15 is 0 Å². The molecule has 1 aromatic heterocycles. The third-order valence-electron chi connectivity index (χ3n) is 5.71. The molecule has 1 fully saturated rings. The molecular weight excluding hydrogens is 454 g/mol. The molecule has 2 unspecified atom stereocenters. The lowest BCUT2D eigenvalue weighted by Gasteiger charge is -2.18. The zero-order chi connectivity index (χ0) is 24.1. The van der Waals surface area contributed by atoms with Crippen LogP contribution < -0.4 is 10.9 Å². The molecule has 34 heavy (non-hydrogen) atoms. The number of hydrogen-bond acceptors (Lipinski definition) is 7. The molecule has 178 valence electrons. The molecule has 2 heterocycles. The Hall–Kier alpha value is -3.17. The van der Waals surface area contributed by atoms with Gasteiger partial charge in [0.2, 0.25) is 5.91 Å². The third-order valence-corrected chi connectivity index (χ3v) is 6.80. The van der Waals surface area contributed by atoms with Gasteiger partial charge in [0.25, 0.3) is 5.56 Å². The van der Waals surface area contributed by atoms with Crippen LogP contribution in [0.2, 0.25) is 0 Å². The molecule has 2 atom stereocenters. The first-order chi connectivity index (χ1) is 16.5. The van der Waals surface area contributed by atoms with Crippen molar-refractivity contribution >= 4 is 34.5 Å². The standard InChI is InChI=1S/C25H27N3O5S/c1-16(22(29)26-14-17-7-4-3-5-8-17)34-25-27-21-13-18(24(31)32-2)10-11-20(21)23(30)28(25)15-19-9-6-12-33-19/h3-5,7-8,10-11,13,16,19H,6,9,12,14-15H2,1-2H3,(H,26,29). The lowest BCUT2D eigenvalue weighted by atomic mass is 10.1. The Labute approximate surface area is 201 Å². The van der Waals surface area contributed by atoms with E-state index in [1.807, 2.05) is 30.3 Å². The van der Waals surface area contributed by atoms with Gasteiger partial charge in [0, 0.05) is 13.2 Å². The summed E-state index contributed by atoms with van der Waals surface area (Å²) in [6.45, 7) is 3.23. The van der Waals surface area contributed by atoms with Gasteiger partial charge in [0.1, 0.15) is 0 Å². The predicted octanol–water partition coefficient (Wildman–Crippen LogP) is 3.16. The molecule has 2 aromatic carbocycles. The summed E-state index contributed by atoms with van der Waals surface area (Å²) in [5.41, 5.74) is 1.47. The van der Waals surface area contributed by atoms with Crippen molar-refractivity contribution in [1.82, 2.24) is 14.9 Å². The van der Waals surface area contributed by atoms with Crippen LogP contribution in [0.25, 0.3) is 10.9 Å². The maximum atomic E-state index is 13.4. The van der Waals surface area contributed by atoms with Crippen LogP contribution in [0.3, 0.4) is 0 Å². The van der Waals surface area contributed by atoms with E-state index in [2.05, 4.69) is 10.3 Å². The number of thioether (sulfide) groups is 1. The SMILES string of the molecule is COC(=O)c1ccc2c(=O)n(CC3CCCO3)c(SC(C)C(=O)NCc3ccccc3)nc2c1. The molecule has 1 N–H and O–H groups in total. The number of carbonyl (C=O) groups excluding carboxylic acids is 2. The highest BCUT2D eigenvalue weighted by Crippen LogP contribution is 2.25. The van der Waals surface area contributed by atoms with Crippen molar-refractivity contribution in [1.29, 1.82) is 0 Å². The maximum absolute atomic E-state index is 13.4. The van der Waals surface area contributed by atoms with E-state index in [-0.39, 0.29) is 17.6 Å². The molecule has 1 amide bonds. The summed E-state index contributed by atoms with van der Waals surface area (Å²) in [5, 5.41) is 3.25. The lowest BCUT2D eigenvalue weighted by Crippen LogP contribution is -2.33. The summed E-state index contributed by atoms with van der Waals surface area (Å²) < 4.78 is 12.1. The molecule has 0 radical (unpaired) electrons. The van der Waals surface area contributed by atoms with Gasteiger partial charge in [-0.05, 0) is 43.5 Å². The van der Waals surface area contributed by atoms with E-state index in [0.717, 1.165) is 18.4 Å². The van der Waals surface area contributed by atoms with Crippen LogP contribution in [0.15, 0.2) is 58.5 Å². The number of amides is 1. The molecule has 0 saturated carbocycles. The van der Waals surface area contributed by atoms with Crippen LogP contribution >= 0.6 is 11.8 Å². The highest BCUT2D eigenvalue weighted by Gasteiger charge is 2.23. The molecular formula is C25H27N3O5S. The lowest BCUT2D eigenvalue weighted by molar-refractivity contribution is -0.120. The molecule has 8 nitrogen and oxygen atoms in total. The number of carbonyl (C=O) groups is 2. The van der Waals surface area contributed by atoms with Gasteiger partial charge in [-0.2, -0.15) is 0 Å². The Kier molecular flexibility index (Phi) is 7.64. The van der Waals surface area contributed by atoms with Crippen LogP contribution in [0.4, 0.5) is 0 Å². The molecule has 1 saturated heterocycles. The number of methoxy groups -OCH3 is 1. The minimum atomic E-state index is -0.505. The Bertz CT molecular complexity index is 1240. The van der Waals surface area contributed by atoms with Crippen molar-refractivity contribution in [3.8, 4) is 0 Å². The third kappa shape index (κ3) is 5.48. The highest BCUT2D eigenvalue weighted by molar-refractivity contribution is 8.00. The number of ether oxygens (including phenoxy) is 2. The van der Waals surface area contributed by atoms with Gasteiger partial charge in [-0.3, -0.25) is 14.2 Å². The van der Waals surface area contributed by atoms with Gasteiger partial charge in [-0.15, -0.1) is 0 Å². The summed E-state index contributed by atoms with van der Waals surface area (Å²) in [4.78, 5) is 42.8. The fraction of sp³-hybridized carbons (Fsp3) is 0.360. The first-order valence-electron chi connectivity index (χ1n) is 11.2. The summed E-state index contributed by atoms with van der Waals surface area (Å²) in [5.74, 6) is -0.662. The summed E-state index contributed by atoms with van der Waals surface area (Å²) in [6.07, 6.45) is 1.74. The fourth-order valence-corrected chi connectivity index (χ4v) is 4.77. The quantitative estimate of drug-likeness (QED) is 0.300.